The molecule has 0 saturated carbocycles. The lowest BCUT2D eigenvalue weighted by molar-refractivity contribution is -0.131. The van der Waals surface area contributed by atoms with Gasteiger partial charge in [-0.15, -0.1) is 0 Å². The highest BCUT2D eigenvalue weighted by Crippen LogP contribution is 2.15. The number of allylic oxidation sites excluding steroid dienone is 1. The molecule has 0 aliphatic carbocycles. The molecule has 100 valence electrons. The molecule has 0 saturated heterocycles. The minimum absolute atomic E-state index is 0.136. The van der Waals surface area contributed by atoms with Crippen molar-refractivity contribution in [2.45, 2.75) is 6.92 Å². The predicted octanol–water partition coefficient (Wildman–Crippen LogP) is 3.51. The van der Waals surface area contributed by atoms with E-state index in [0.717, 1.165) is 5.56 Å². The number of ketones is 1. The van der Waals surface area contributed by atoms with Gasteiger partial charge in [0.1, 0.15) is 5.75 Å². The molecule has 2 rings (SSSR count). The maximum Gasteiger partial charge on any atom is 0.308 e. The molecule has 0 unspecified atom stereocenters. The number of rotatable bonds is 4. The van der Waals surface area contributed by atoms with Crippen LogP contribution in [0.4, 0.5) is 0 Å². The van der Waals surface area contributed by atoms with Gasteiger partial charge in [0.15, 0.2) is 5.78 Å². The molecule has 3 nitrogen and oxygen atoms in total. The first kappa shape index (κ1) is 13.7. The zero-order chi connectivity index (χ0) is 14.4. The van der Waals surface area contributed by atoms with Gasteiger partial charge in [-0.3, -0.25) is 9.59 Å². The number of hydrogen-bond acceptors (Lipinski definition) is 3. The minimum Gasteiger partial charge on any atom is -0.427 e. The smallest absolute Gasteiger partial charge is 0.308 e. The summed E-state index contributed by atoms with van der Waals surface area (Å²) in [5.74, 6) is -0.172. The van der Waals surface area contributed by atoms with Gasteiger partial charge in [0.2, 0.25) is 0 Å². The van der Waals surface area contributed by atoms with Crippen LogP contribution < -0.4 is 4.74 Å². The van der Waals surface area contributed by atoms with E-state index in [2.05, 4.69) is 0 Å². The fraction of sp³-hybridized carbons (Fsp3) is 0.0588. The van der Waals surface area contributed by atoms with Crippen molar-refractivity contribution in [1.82, 2.24) is 0 Å². The third-order valence-electron chi connectivity index (χ3n) is 2.61. The highest BCUT2D eigenvalue weighted by Gasteiger charge is 2.04. The monoisotopic (exact) mass is 266 g/mol. The van der Waals surface area contributed by atoms with Crippen LogP contribution in [0.1, 0.15) is 22.8 Å². The molecular formula is C17H14O3. The van der Waals surface area contributed by atoms with Crippen LogP contribution >= 0.6 is 0 Å². The summed E-state index contributed by atoms with van der Waals surface area (Å²) in [6, 6.07) is 16.1. The maximum atomic E-state index is 12.0. The van der Waals surface area contributed by atoms with Gasteiger partial charge in [0.05, 0.1) is 0 Å². The van der Waals surface area contributed by atoms with Crippen LogP contribution in [0.2, 0.25) is 0 Å². The Labute approximate surface area is 117 Å². The van der Waals surface area contributed by atoms with Gasteiger partial charge >= 0.3 is 5.97 Å². The van der Waals surface area contributed by atoms with Gasteiger partial charge in [0, 0.05) is 12.5 Å². The molecule has 20 heavy (non-hydrogen) atoms. The first-order valence-corrected chi connectivity index (χ1v) is 6.21. The molecule has 0 radical (unpaired) electrons. The SMILES string of the molecule is CC(=O)Oc1cccc(C(=O)C=Cc2ccccc2)c1. The molecule has 3 heteroatoms. The molecule has 0 heterocycles. The van der Waals surface area contributed by atoms with Crippen LogP contribution in [0.5, 0.6) is 5.75 Å². The second-order valence-electron chi connectivity index (χ2n) is 4.23. The van der Waals surface area contributed by atoms with E-state index < -0.39 is 5.97 Å². The normalized spacial score (nSPS) is 10.4. The maximum absolute atomic E-state index is 12.0. The van der Waals surface area contributed by atoms with E-state index >= 15 is 0 Å². The van der Waals surface area contributed by atoms with Crippen molar-refractivity contribution >= 4 is 17.8 Å². The number of benzene rings is 2. The number of carbonyl (C=O) groups is 2. The van der Waals surface area contributed by atoms with Crippen LogP contribution in [0.3, 0.4) is 0 Å². The summed E-state index contributed by atoms with van der Waals surface area (Å²) in [5.41, 5.74) is 1.44. The van der Waals surface area contributed by atoms with Crippen molar-refractivity contribution in [2.24, 2.45) is 0 Å². The molecule has 0 aliphatic rings. The van der Waals surface area contributed by atoms with Crippen LogP contribution in [-0.2, 0) is 4.79 Å². The Hall–Kier alpha value is -2.68. The lowest BCUT2D eigenvalue weighted by Crippen LogP contribution is -2.02. The summed E-state index contributed by atoms with van der Waals surface area (Å²) in [5, 5.41) is 0. The topological polar surface area (TPSA) is 43.4 Å². The quantitative estimate of drug-likeness (QED) is 0.368. The number of ether oxygens (including phenoxy) is 1. The molecule has 0 N–H and O–H groups in total. The predicted molar refractivity (Wildman–Crippen MR) is 77.6 cm³/mol. The molecule has 0 fully saturated rings. The molecule has 0 atom stereocenters. The summed E-state index contributed by atoms with van der Waals surface area (Å²) in [4.78, 5) is 22.9. The van der Waals surface area contributed by atoms with Crippen LogP contribution in [-0.4, -0.2) is 11.8 Å². The van der Waals surface area contributed by atoms with E-state index in [9.17, 15) is 9.59 Å². The third-order valence-corrected chi connectivity index (χ3v) is 2.61. The average molecular weight is 266 g/mol. The summed E-state index contributed by atoms with van der Waals surface area (Å²) in [6.07, 6.45) is 3.25. The standard InChI is InChI=1S/C17H14O3/c1-13(18)20-16-9-5-8-15(12-16)17(19)11-10-14-6-3-2-4-7-14/h2-12H,1H3. The number of carbonyl (C=O) groups excluding carboxylic acids is 2. The van der Waals surface area contributed by atoms with Crippen molar-refractivity contribution in [3.63, 3.8) is 0 Å². The van der Waals surface area contributed by atoms with Crippen molar-refractivity contribution in [3.05, 3.63) is 71.8 Å². The van der Waals surface area contributed by atoms with E-state index in [1.807, 2.05) is 30.3 Å². The average Bonchev–Trinajstić information content (AvgIpc) is 2.45. The summed E-state index contributed by atoms with van der Waals surface area (Å²) < 4.78 is 4.95. The Morgan fingerprint density at radius 2 is 1.75 bits per heavy atom. The second kappa shape index (κ2) is 6.48. The van der Waals surface area contributed by atoms with Gasteiger partial charge in [0.25, 0.3) is 0 Å². The largest absolute Gasteiger partial charge is 0.427 e. The Morgan fingerprint density at radius 1 is 1.00 bits per heavy atom. The number of hydrogen-bond donors (Lipinski definition) is 0. The molecule has 0 aliphatic heterocycles. The van der Waals surface area contributed by atoms with E-state index in [1.165, 1.54) is 13.0 Å². The van der Waals surface area contributed by atoms with Crippen LogP contribution in [0.15, 0.2) is 60.7 Å². The Bertz CT molecular complexity index is 642. The molecule has 0 amide bonds. The van der Waals surface area contributed by atoms with E-state index in [4.69, 9.17) is 4.74 Å². The van der Waals surface area contributed by atoms with Gasteiger partial charge in [-0.05, 0) is 23.8 Å². The molecule has 0 spiro atoms. The van der Waals surface area contributed by atoms with Crippen molar-refractivity contribution < 1.29 is 14.3 Å². The van der Waals surface area contributed by atoms with Crippen molar-refractivity contribution in [2.75, 3.05) is 0 Å². The van der Waals surface area contributed by atoms with E-state index in [-0.39, 0.29) is 5.78 Å². The fourth-order valence-electron chi connectivity index (χ4n) is 1.71. The lowest BCUT2D eigenvalue weighted by atomic mass is 10.1. The molecule has 0 aromatic heterocycles. The van der Waals surface area contributed by atoms with Crippen LogP contribution in [0, 0.1) is 0 Å². The highest BCUT2D eigenvalue weighted by molar-refractivity contribution is 6.07. The van der Waals surface area contributed by atoms with Gasteiger partial charge in [-0.2, -0.15) is 0 Å². The molecule has 2 aromatic carbocycles. The zero-order valence-electron chi connectivity index (χ0n) is 11.1. The Balaban J connectivity index is 2.13. The first-order valence-electron chi connectivity index (χ1n) is 6.21. The number of esters is 1. The van der Waals surface area contributed by atoms with Gasteiger partial charge in [-0.25, -0.2) is 0 Å². The van der Waals surface area contributed by atoms with Gasteiger partial charge in [-0.1, -0.05) is 48.5 Å². The second-order valence-corrected chi connectivity index (χ2v) is 4.23. The van der Waals surface area contributed by atoms with Gasteiger partial charge < -0.3 is 4.74 Å². The first-order chi connectivity index (χ1) is 9.65. The van der Waals surface area contributed by atoms with E-state index in [0.29, 0.717) is 11.3 Å². The van der Waals surface area contributed by atoms with Crippen molar-refractivity contribution in [3.8, 4) is 5.75 Å². The third kappa shape index (κ3) is 3.92. The zero-order valence-corrected chi connectivity index (χ0v) is 11.1. The Morgan fingerprint density at radius 3 is 2.45 bits per heavy atom. The van der Waals surface area contributed by atoms with Crippen molar-refractivity contribution in [1.29, 1.82) is 0 Å². The highest BCUT2D eigenvalue weighted by atomic mass is 16.5. The molecule has 0 bridgehead atoms. The van der Waals surface area contributed by atoms with E-state index in [1.54, 1.807) is 30.3 Å². The molecule has 2 aromatic rings. The lowest BCUT2D eigenvalue weighted by Gasteiger charge is -2.02. The minimum atomic E-state index is -0.408. The van der Waals surface area contributed by atoms with Crippen LogP contribution in [0.25, 0.3) is 6.08 Å². The Kier molecular flexibility index (Phi) is 4.45. The summed E-state index contributed by atoms with van der Waals surface area (Å²) >= 11 is 0. The molecular weight excluding hydrogens is 252 g/mol. The fourth-order valence-corrected chi connectivity index (χ4v) is 1.71. The summed E-state index contributed by atoms with van der Waals surface area (Å²) in [6.45, 7) is 1.32. The summed E-state index contributed by atoms with van der Waals surface area (Å²) in [7, 11) is 0.